The smallest absolute Gasteiger partial charge is 0.144 e. The van der Waals surface area contributed by atoms with Gasteiger partial charge in [0.25, 0.3) is 0 Å². The third-order valence-corrected chi connectivity index (χ3v) is 1.34. The van der Waals surface area contributed by atoms with Gasteiger partial charge in [0.2, 0.25) is 0 Å². The number of aliphatic imine (C=N–C) groups is 1. The van der Waals surface area contributed by atoms with Gasteiger partial charge in [0.05, 0.1) is 0 Å². The number of rotatable bonds is 1. The first-order chi connectivity index (χ1) is 4.84. The first kappa shape index (κ1) is 6.80. The van der Waals surface area contributed by atoms with Crippen molar-refractivity contribution in [3.63, 3.8) is 0 Å². The number of dihydropyridines is 1. The Kier molecular flexibility index (Phi) is 2.04. The average Bonchev–Trinajstić information content (AvgIpc) is 2.05. The zero-order chi connectivity index (χ0) is 7.40. The maximum atomic E-state index is 5.43. The molecule has 1 heterocycles. The summed E-state index contributed by atoms with van der Waals surface area (Å²) >= 11 is 0. The van der Waals surface area contributed by atoms with E-state index < -0.39 is 0 Å². The number of allylic oxidation sites excluding steroid dienone is 1. The van der Waals surface area contributed by atoms with Crippen molar-refractivity contribution in [2.75, 3.05) is 0 Å². The zero-order valence-electron chi connectivity index (χ0n) is 5.57. The summed E-state index contributed by atoms with van der Waals surface area (Å²) in [5, 5.41) is 3.36. The zero-order valence-corrected chi connectivity index (χ0v) is 5.57. The van der Waals surface area contributed by atoms with Crippen molar-refractivity contribution in [3.8, 4) is 0 Å². The lowest BCUT2D eigenvalue weighted by Gasteiger charge is -2.09. The van der Waals surface area contributed by atoms with Crippen LogP contribution in [0.5, 0.6) is 0 Å². The molecular weight excluding hydrogens is 128 g/mol. The van der Waals surface area contributed by atoms with E-state index in [1.54, 1.807) is 6.21 Å². The van der Waals surface area contributed by atoms with Crippen LogP contribution in [0.25, 0.3) is 0 Å². The largest absolute Gasteiger partial charge is 0.384 e. The first-order valence-corrected chi connectivity index (χ1v) is 3.06. The SMILES string of the molecule is N/N=C(/N)[C@H]1CC=CC=N1. The highest BCUT2D eigenvalue weighted by atomic mass is 15.2. The van der Waals surface area contributed by atoms with Gasteiger partial charge in [-0.05, 0) is 12.5 Å². The Morgan fingerprint density at radius 3 is 3.00 bits per heavy atom. The van der Waals surface area contributed by atoms with Crippen LogP contribution in [0.4, 0.5) is 0 Å². The van der Waals surface area contributed by atoms with Crippen molar-refractivity contribution in [3.05, 3.63) is 12.2 Å². The summed E-state index contributed by atoms with van der Waals surface area (Å²) in [5.41, 5.74) is 5.43. The van der Waals surface area contributed by atoms with Gasteiger partial charge >= 0.3 is 0 Å². The molecule has 4 heteroatoms. The fraction of sp³-hybridized carbons (Fsp3) is 0.333. The maximum Gasteiger partial charge on any atom is 0.144 e. The quantitative estimate of drug-likeness (QED) is 0.224. The molecule has 0 saturated carbocycles. The van der Waals surface area contributed by atoms with E-state index in [1.165, 1.54) is 0 Å². The van der Waals surface area contributed by atoms with Gasteiger partial charge in [0.1, 0.15) is 11.9 Å². The Bertz CT molecular complexity index is 192. The lowest BCUT2D eigenvalue weighted by atomic mass is 10.1. The van der Waals surface area contributed by atoms with E-state index in [0.29, 0.717) is 5.84 Å². The molecule has 0 spiro atoms. The molecule has 1 atom stereocenters. The van der Waals surface area contributed by atoms with Gasteiger partial charge in [-0.3, -0.25) is 4.99 Å². The minimum Gasteiger partial charge on any atom is -0.384 e. The van der Waals surface area contributed by atoms with Crippen molar-refractivity contribution in [1.29, 1.82) is 0 Å². The van der Waals surface area contributed by atoms with Crippen molar-refractivity contribution < 1.29 is 0 Å². The van der Waals surface area contributed by atoms with Crippen LogP contribution in [-0.4, -0.2) is 18.1 Å². The molecule has 0 amide bonds. The first-order valence-electron chi connectivity index (χ1n) is 3.06. The molecule has 0 fully saturated rings. The lowest BCUT2D eigenvalue weighted by Crippen LogP contribution is -2.29. The molecule has 0 unspecified atom stereocenters. The van der Waals surface area contributed by atoms with Crippen molar-refractivity contribution in [2.45, 2.75) is 12.5 Å². The molecule has 0 aromatic carbocycles. The number of nitrogens with two attached hydrogens (primary N) is 2. The molecular formula is C6H10N4. The summed E-state index contributed by atoms with van der Waals surface area (Å²) in [6.45, 7) is 0. The molecule has 4 nitrogen and oxygen atoms in total. The van der Waals surface area contributed by atoms with Crippen LogP contribution < -0.4 is 11.6 Å². The predicted molar refractivity (Wildman–Crippen MR) is 41.8 cm³/mol. The Labute approximate surface area is 59.3 Å². The molecule has 4 N–H and O–H groups in total. The van der Waals surface area contributed by atoms with E-state index in [9.17, 15) is 0 Å². The Balaban J connectivity index is 2.59. The summed E-state index contributed by atoms with van der Waals surface area (Å²) < 4.78 is 0. The second-order valence-electron chi connectivity index (χ2n) is 2.03. The maximum absolute atomic E-state index is 5.43. The number of nitrogens with zero attached hydrogens (tertiary/aromatic N) is 2. The minimum absolute atomic E-state index is 0.0463. The molecule has 10 heavy (non-hydrogen) atoms. The Morgan fingerprint density at radius 1 is 1.70 bits per heavy atom. The second kappa shape index (κ2) is 3.00. The van der Waals surface area contributed by atoms with E-state index in [4.69, 9.17) is 11.6 Å². The van der Waals surface area contributed by atoms with E-state index >= 15 is 0 Å². The normalized spacial score (nSPS) is 25.2. The molecule has 0 bridgehead atoms. The van der Waals surface area contributed by atoms with Gasteiger partial charge in [-0.25, -0.2) is 0 Å². The fourth-order valence-corrected chi connectivity index (χ4v) is 0.766. The van der Waals surface area contributed by atoms with Crippen LogP contribution in [0.2, 0.25) is 0 Å². The molecule has 54 valence electrons. The summed E-state index contributed by atoms with van der Waals surface area (Å²) in [6, 6.07) is -0.0463. The monoisotopic (exact) mass is 138 g/mol. The number of hydrazone groups is 1. The topological polar surface area (TPSA) is 76.8 Å². The second-order valence-corrected chi connectivity index (χ2v) is 2.03. The molecule has 0 saturated heterocycles. The van der Waals surface area contributed by atoms with E-state index in [1.807, 2.05) is 12.2 Å². The van der Waals surface area contributed by atoms with Gasteiger partial charge in [0, 0.05) is 6.21 Å². The summed E-state index contributed by atoms with van der Waals surface area (Å²) in [6.07, 6.45) is 6.35. The van der Waals surface area contributed by atoms with Crippen LogP contribution in [0.15, 0.2) is 22.2 Å². The highest BCUT2D eigenvalue weighted by Crippen LogP contribution is 2.02. The highest BCUT2D eigenvalue weighted by Gasteiger charge is 2.09. The van der Waals surface area contributed by atoms with Gasteiger partial charge in [-0.1, -0.05) is 6.08 Å². The van der Waals surface area contributed by atoms with Gasteiger partial charge in [-0.2, -0.15) is 5.10 Å². The van der Waals surface area contributed by atoms with E-state index in [-0.39, 0.29) is 6.04 Å². The number of hydrogen-bond donors (Lipinski definition) is 2. The van der Waals surface area contributed by atoms with Crippen molar-refractivity contribution in [1.82, 2.24) is 0 Å². The van der Waals surface area contributed by atoms with Crippen LogP contribution in [0.1, 0.15) is 6.42 Å². The highest BCUT2D eigenvalue weighted by molar-refractivity contribution is 5.88. The van der Waals surface area contributed by atoms with Crippen LogP contribution in [0, 0.1) is 0 Å². The lowest BCUT2D eigenvalue weighted by molar-refractivity contribution is 0.857. The third-order valence-electron chi connectivity index (χ3n) is 1.34. The molecule has 0 radical (unpaired) electrons. The third kappa shape index (κ3) is 1.34. The van der Waals surface area contributed by atoms with E-state index in [0.717, 1.165) is 6.42 Å². The summed E-state index contributed by atoms with van der Waals surface area (Å²) in [7, 11) is 0. The van der Waals surface area contributed by atoms with Crippen molar-refractivity contribution in [2.24, 2.45) is 21.7 Å². The molecule has 1 aliphatic heterocycles. The molecule has 1 aliphatic rings. The Hall–Kier alpha value is -1.32. The molecule has 1 rings (SSSR count). The number of hydrogen-bond acceptors (Lipinski definition) is 3. The molecule has 0 aromatic heterocycles. The molecule has 0 aliphatic carbocycles. The predicted octanol–water partition coefficient (Wildman–Crippen LogP) is -0.383. The summed E-state index contributed by atoms with van der Waals surface area (Å²) in [4.78, 5) is 4.05. The van der Waals surface area contributed by atoms with Gasteiger partial charge in [-0.15, -0.1) is 0 Å². The molecule has 0 aromatic rings. The fourth-order valence-electron chi connectivity index (χ4n) is 0.766. The van der Waals surface area contributed by atoms with Crippen LogP contribution in [0.3, 0.4) is 0 Å². The summed E-state index contributed by atoms with van der Waals surface area (Å²) in [5.74, 6) is 5.36. The van der Waals surface area contributed by atoms with Crippen molar-refractivity contribution >= 4 is 12.1 Å². The van der Waals surface area contributed by atoms with Gasteiger partial charge < -0.3 is 11.6 Å². The van der Waals surface area contributed by atoms with Crippen LogP contribution in [-0.2, 0) is 0 Å². The average molecular weight is 138 g/mol. The van der Waals surface area contributed by atoms with Crippen LogP contribution >= 0.6 is 0 Å². The van der Waals surface area contributed by atoms with E-state index in [2.05, 4.69) is 10.1 Å². The standard InChI is InChI=1S/C6H10N4/c7-6(10-8)5-3-1-2-4-9-5/h1-2,4-5H,3,8H2,(H2,7,10)/t5-/m1/s1. The Morgan fingerprint density at radius 2 is 2.50 bits per heavy atom. The van der Waals surface area contributed by atoms with Gasteiger partial charge in [0.15, 0.2) is 0 Å². The minimum atomic E-state index is -0.0463. The number of amidine groups is 1.